The van der Waals surface area contributed by atoms with Gasteiger partial charge >= 0.3 is 0 Å². The molecule has 1 aromatic carbocycles. The van der Waals surface area contributed by atoms with Gasteiger partial charge in [0, 0.05) is 12.7 Å². The predicted octanol–water partition coefficient (Wildman–Crippen LogP) is 3.40. The van der Waals surface area contributed by atoms with E-state index in [0.29, 0.717) is 27.0 Å². The average Bonchev–Trinajstić information content (AvgIpc) is 2.92. The minimum atomic E-state index is -0.511. The van der Waals surface area contributed by atoms with Gasteiger partial charge in [0.1, 0.15) is 10.6 Å². The van der Waals surface area contributed by atoms with Gasteiger partial charge in [0.05, 0.1) is 10.7 Å². The second-order valence-electron chi connectivity index (χ2n) is 4.89. The number of ether oxygens (including phenoxy) is 1. The number of anilines is 2. The molecule has 0 bridgehead atoms. The number of amides is 2. The summed E-state index contributed by atoms with van der Waals surface area (Å²) in [6.45, 7) is 1.70. The number of carbonyl (C=O) groups is 2. The third-order valence-corrected chi connectivity index (χ3v) is 4.72. The van der Waals surface area contributed by atoms with Gasteiger partial charge in [0.2, 0.25) is 0 Å². The van der Waals surface area contributed by atoms with Gasteiger partial charge in [-0.2, -0.15) is 0 Å². The van der Waals surface area contributed by atoms with Crippen molar-refractivity contribution < 1.29 is 14.3 Å². The zero-order chi connectivity index (χ0) is 15.9. The van der Waals surface area contributed by atoms with Crippen LogP contribution >= 0.6 is 22.9 Å². The minimum absolute atomic E-state index is 0.128. The number of likely N-dealkylation sites (N-methyl/N-ethyl adjacent to an activating group) is 1. The van der Waals surface area contributed by atoms with E-state index in [1.54, 1.807) is 43.6 Å². The molecule has 22 heavy (non-hydrogen) atoms. The molecule has 0 aliphatic carbocycles. The summed E-state index contributed by atoms with van der Waals surface area (Å²) < 4.78 is 5.54. The molecule has 0 spiro atoms. The van der Waals surface area contributed by atoms with Gasteiger partial charge < -0.3 is 15.0 Å². The number of fused-ring (bicyclic) bond motifs is 1. The second-order valence-corrected chi connectivity index (χ2v) is 6.21. The molecule has 0 saturated carbocycles. The smallest absolute Gasteiger partial charge is 0.267 e. The molecule has 7 heteroatoms. The number of nitrogens with one attached hydrogen (secondary N) is 1. The Balaban J connectivity index is 1.87. The molecule has 1 aromatic heterocycles. The fourth-order valence-electron chi connectivity index (χ4n) is 2.23. The summed E-state index contributed by atoms with van der Waals surface area (Å²) >= 11 is 7.22. The molecule has 3 rings (SSSR count). The van der Waals surface area contributed by atoms with E-state index in [1.165, 1.54) is 16.2 Å². The van der Waals surface area contributed by atoms with Gasteiger partial charge in [-0.1, -0.05) is 11.6 Å². The SMILES string of the molecule is CC1Oc2ccc(NC(=O)c3sccc3Cl)cc2N(C)C1=O. The van der Waals surface area contributed by atoms with Crippen LogP contribution in [-0.2, 0) is 4.79 Å². The summed E-state index contributed by atoms with van der Waals surface area (Å²) in [7, 11) is 1.68. The van der Waals surface area contributed by atoms with Crippen molar-refractivity contribution in [3.63, 3.8) is 0 Å². The highest BCUT2D eigenvalue weighted by Gasteiger charge is 2.29. The van der Waals surface area contributed by atoms with Gasteiger partial charge in [-0.15, -0.1) is 11.3 Å². The molecule has 2 amide bonds. The first-order chi connectivity index (χ1) is 10.5. The Hall–Kier alpha value is -2.05. The van der Waals surface area contributed by atoms with Crippen LogP contribution in [0.3, 0.4) is 0 Å². The van der Waals surface area contributed by atoms with Gasteiger partial charge in [0.15, 0.2) is 6.10 Å². The molecule has 1 aliphatic heterocycles. The molecule has 2 heterocycles. The van der Waals surface area contributed by atoms with Crippen LogP contribution in [0.4, 0.5) is 11.4 Å². The molecule has 1 atom stereocenters. The highest BCUT2D eigenvalue weighted by Crippen LogP contribution is 2.35. The van der Waals surface area contributed by atoms with Crippen LogP contribution in [0.5, 0.6) is 5.75 Å². The number of hydrogen-bond acceptors (Lipinski definition) is 4. The Bertz CT molecular complexity index is 759. The first-order valence-electron chi connectivity index (χ1n) is 6.60. The van der Waals surface area contributed by atoms with Crippen LogP contribution in [0, 0.1) is 0 Å². The molecule has 114 valence electrons. The number of hydrogen-bond donors (Lipinski definition) is 1. The van der Waals surface area contributed by atoms with E-state index in [2.05, 4.69) is 5.32 Å². The third-order valence-electron chi connectivity index (χ3n) is 3.38. The Morgan fingerprint density at radius 3 is 2.86 bits per heavy atom. The Labute approximate surface area is 136 Å². The number of nitrogens with zero attached hydrogens (tertiary/aromatic N) is 1. The normalized spacial score (nSPS) is 17.0. The average molecular weight is 337 g/mol. The van der Waals surface area contributed by atoms with E-state index >= 15 is 0 Å². The van der Waals surface area contributed by atoms with Crippen LogP contribution in [0.1, 0.15) is 16.6 Å². The third kappa shape index (κ3) is 2.55. The summed E-state index contributed by atoms with van der Waals surface area (Å²) in [5.41, 5.74) is 1.20. The number of rotatable bonds is 2. The first-order valence-corrected chi connectivity index (χ1v) is 7.85. The lowest BCUT2D eigenvalue weighted by molar-refractivity contribution is -0.125. The molecule has 2 aromatic rings. The highest BCUT2D eigenvalue weighted by molar-refractivity contribution is 7.12. The topological polar surface area (TPSA) is 58.6 Å². The maximum atomic E-state index is 12.2. The lowest BCUT2D eigenvalue weighted by atomic mass is 10.2. The van der Waals surface area contributed by atoms with Crippen molar-refractivity contribution in [1.82, 2.24) is 0 Å². The lowest BCUT2D eigenvalue weighted by Crippen LogP contribution is -2.41. The van der Waals surface area contributed by atoms with Crippen LogP contribution in [0.15, 0.2) is 29.6 Å². The largest absolute Gasteiger partial charge is 0.479 e. The maximum Gasteiger partial charge on any atom is 0.267 e. The quantitative estimate of drug-likeness (QED) is 0.914. The van der Waals surface area contributed by atoms with Crippen molar-refractivity contribution in [2.45, 2.75) is 13.0 Å². The summed E-state index contributed by atoms with van der Waals surface area (Å²) in [4.78, 5) is 26.1. The van der Waals surface area contributed by atoms with E-state index in [9.17, 15) is 9.59 Å². The van der Waals surface area contributed by atoms with Gasteiger partial charge in [-0.25, -0.2) is 0 Å². The molecule has 1 aliphatic rings. The zero-order valence-electron chi connectivity index (χ0n) is 11.9. The predicted molar refractivity (Wildman–Crippen MR) is 87.2 cm³/mol. The summed E-state index contributed by atoms with van der Waals surface area (Å²) in [6.07, 6.45) is -0.511. The highest BCUT2D eigenvalue weighted by atomic mass is 35.5. The molecule has 0 saturated heterocycles. The van der Waals surface area contributed by atoms with E-state index in [-0.39, 0.29) is 11.8 Å². The molecule has 0 radical (unpaired) electrons. The molecule has 5 nitrogen and oxygen atoms in total. The van der Waals surface area contributed by atoms with Crippen molar-refractivity contribution in [2.75, 3.05) is 17.3 Å². The van der Waals surface area contributed by atoms with Crippen molar-refractivity contribution in [3.8, 4) is 5.75 Å². The minimum Gasteiger partial charge on any atom is -0.479 e. The molecule has 0 fully saturated rings. The number of thiophene rings is 1. The molecule has 1 unspecified atom stereocenters. The van der Waals surface area contributed by atoms with E-state index < -0.39 is 6.10 Å². The number of benzene rings is 1. The summed E-state index contributed by atoms with van der Waals surface area (Å²) in [6, 6.07) is 6.85. The van der Waals surface area contributed by atoms with Crippen LogP contribution < -0.4 is 15.0 Å². The fourth-order valence-corrected chi connectivity index (χ4v) is 3.27. The molecule has 1 N–H and O–H groups in total. The number of carbonyl (C=O) groups excluding carboxylic acids is 2. The lowest BCUT2D eigenvalue weighted by Gasteiger charge is -2.30. The van der Waals surface area contributed by atoms with Crippen molar-refractivity contribution >= 4 is 46.1 Å². The van der Waals surface area contributed by atoms with Crippen LogP contribution in [0.25, 0.3) is 0 Å². The number of halogens is 1. The van der Waals surface area contributed by atoms with Gasteiger partial charge in [-0.3, -0.25) is 9.59 Å². The van der Waals surface area contributed by atoms with Gasteiger partial charge in [0.25, 0.3) is 11.8 Å². The van der Waals surface area contributed by atoms with Crippen molar-refractivity contribution in [1.29, 1.82) is 0 Å². The summed E-state index contributed by atoms with van der Waals surface area (Å²) in [5, 5.41) is 4.95. The van der Waals surface area contributed by atoms with E-state index in [1.807, 2.05) is 0 Å². The Kier molecular flexibility index (Phi) is 3.80. The molecular formula is C15H13ClN2O3S. The van der Waals surface area contributed by atoms with E-state index in [4.69, 9.17) is 16.3 Å². The Morgan fingerprint density at radius 2 is 2.18 bits per heavy atom. The second kappa shape index (κ2) is 5.62. The maximum absolute atomic E-state index is 12.2. The van der Waals surface area contributed by atoms with Crippen molar-refractivity contribution in [2.24, 2.45) is 0 Å². The van der Waals surface area contributed by atoms with E-state index in [0.717, 1.165) is 0 Å². The monoisotopic (exact) mass is 336 g/mol. The van der Waals surface area contributed by atoms with Crippen molar-refractivity contribution in [3.05, 3.63) is 39.5 Å². The Morgan fingerprint density at radius 1 is 1.41 bits per heavy atom. The zero-order valence-corrected chi connectivity index (χ0v) is 13.5. The van der Waals surface area contributed by atoms with Crippen LogP contribution in [0.2, 0.25) is 5.02 Å². The summed E-state index contributed by atoms with van der Waals surface area (Å²) in [5.74, 6) is 0.207. The fraction of sp³-hybridized carbons (Fsp3) is 0.200. The first kappa shape index (κ1) is 14.9. The van der Waals surface area contributed by atoms with Gasteiger partial charge in [-0.05, 0) is 36.6 Å². The molecular weight excluding hydrogens is 324 g/mol. The van der Waals surface area contributed by atoms with Crippen LogP contribution in [-0.4, -0.2) is 25.0 Å². The standard InChI is InChI=1S/C15H13ClN2O3S/c1-8-15(20)18(2)11-7-9(3-4-12(11)21-8)17-14(19)13-10(16)5-6-22-13/h3-8H,1-2H3,(H,17,19).